The molecule has 1 N–H and O–H groups in total. The zero-order valence-corrected chi connectivity index (χ0v) is 18.1. The SMILES string of the molecule is CCc1ccc(N([C@H](C)C(=O)NCCCc2ccc(Cl)cc2)S(C)(=O)=O)cc1. The lowest BCUT2D eigenvalue weighted by atomic mass is 10.1. The lowest BCUT2D eigenvalue weighted by Gasteiger charge is -2.28. The van der Waals surface area contributed by atoms with E-state index in [1.54, 1.807) is 19.1 Å². The summed E-state index contributed by atoms with van der Waals surface area (Å²) in [5, 5.41) is 3.53. The summed E-state index contributed by atoms with van der Waals surface area (Å²) < 4.78 is 25.8. The molecule has 2 aromatic carbocycles. The third-order valence-corrected chi connectivity index (χ3v) is 6.04. The number of sulfonamides is 1. The van der Waals surface area contributed by atoms with Gasteiger partial charge in [-0.2, -0.15) is 0 Å². The molecule has 0 aliphatic heterocycles. The van der Waals surface area contributed by atoms with Crippen molar-refractivity contribution in [3.8, 4) is 0 Å². The number of nitrogens with zero attached hydrogens (tertiary/aromatic N) is 1. The van der Waals surface area contributed by atoms with Crippen molar-refractivity contribution in [1.82, 2.24) is 5.32 Å². The fourth-order valence-electron chi connectivity index (χ4n) is 2.99. The number of halogens is 1. The maximum absolute atomic E-state index is 12.5. The fraction of sp³-hybridized carbons (Fsp3) is 0.381. The van der Waals surface area contributed by atoms with Gasteiger partial charge in [-0.1, -0.05) is 42.8 Å². The van der Waals surface area contributed by atoms with Gasteiger partial charge in [-0.15, -0.1) is 0 Å². The van der Waals surface area contributed by atoms with Gasteiger partial charge in [0.1, 0.15) is 6.04 Å². The molecule has 0 aliphatic carbocycles. The van der Waals surface area contributed by atoms with E-state index < -0.39 is 16.1 Å². The monoisotopic (exact) mass is 422 g/mol. The smallest absolute Gasteiger partial charge is 0.243 e. The van der Waals surface area contributed by atoms with Crippen molar-refractivity contribution in [2.24, 2.45) is 0 Å². The number of benzene rings is 2. The number of carbonyl (C=O) groups is 1. The van der Waals surface area contributed by atoms with Crippen LogP contribution in [0, 0.1) is 0 Å². The van der Waals surface area contributed by atoms with Crippen LogP contribution in [0.5, 0.6) is 0 Å². The normalized spacial score (nSPS) is 12.4. The van der Waals surface area contributed by atoms with E-state index in [-0.39, 0.29) is 5.91 Å². The highest BCUT2D eigenvalue weighted by Gasteiger charge is 2.28. The van der Waals surface area contributed by atoms with Gasteiger partial charge in [0, 0.05) is 11.6 Å². The molecule has 0 aliphatic rings. The second kappa shape index (κ2) is 9.94. The Hall–Kier alpha value is -2.05. The molecule has 0 bridgehead atoms. The van der Waals surface area contributed by atoms with Crippen LogP contribution in [0.3, 0.4) is 0 Å². The molecule has 0 aromatic heterocycles. The summed E-state index contributed by atoms with van der Waals surface area (Å²) in [6.07, 6.45) is 3.54. The van der Waals surface area contributed by atoms with Gasteiger partial charge in [0.2, 0.25) is 15.9 Å². The largest absolute Gasteiger partial charge is 0.354 e. The van der Waals surface area contributed by atoms with Crippen LogP contribution in [0.2, 0.25) is 5.02 Å². The Bertz CT molecular complexity index is 881. The highest BCUT2D eigenvalue weighted by molar-refractivity contribution is 7.92. The van der Waals surface area contributed by atoms with Crippen LogP contribution in [0.25, 0.3) is 0 Å². The third kappa shape index (κ3) is 6.24. The van der Waals surface area contributed by atoms with Crippen molar-refractivity contribution < 1.29 is 13.2 Å². The zero-order valence-electron chi connectivity index (χ0n) is 16.5. The average molecular weight is 423 g/mol. The minimum atomic E-state index is -3.60. The number of nitrogens with one attached hydrogen (secondary N) is 1. The Kier molecular flexibility index (Phi) is 7.89. The number of hydrogen-bond donors (Lipinski definition) is 1. The first kappa shape index (κ1) is 22.2. The van der Waals surface area contributed by atoms with Gasteiger partial charge in [0.15, 0.2) is 0 Å². The average Bonchev–Trinajstić information content (AvgIpc) is 2.66. The molecular weight excluding hydrogens is 396 g/mol. The van der Waals surface area contributed by atoms with E-state index in [9.17, 15) is 13.2 Å². The first-order valence-electron chi connectivity index (χ1n) is 9.33. The predicted octanol–water partition coefficient (Wildman–Crippen LogP) is 3.81. The number of amides is 1. The molecule has 0 fully saturated rings. The van der Waals surface area contributed by atoms with Gasteiger partial charge in [-0.3, -0.25) is 9.10 Å². The van der Waals surface area contributed by atoms with Crippen molar-refractivity contribution >= 4 is 33.2 Å². The molecule has 0 unspecified atom stereocenters. The summed E-state index contributed by atoms with van der Waals surface area (Å²) in [7, 11) is -3.60. The number of hydrogen-bond acceptors (Lipinski definition) is 3. The molecule has 1 atom stereocenters. The van der Waals surface area contributed by atoms with Crippen LogP contribution in [0.1, 0.15) is 31.4 Å². The van der Waals surface area contributed by atoms with E-state index >= 15 is 0 Å². The van der Waals surface area contributed by atoms with E-state index in [1.165, 1.54) is 4.31 Å². The Morgan fingerprint density at radius 3 is 2.18 bits per heavy atom. The lowest BCUT2D eigenvalue weighted by molar-refractivity contribution is -0.121. The van der Waals surface area contributed by atoms with Crippen molar-refractivity contribution in [2.75, 3.05) is 17.1 Å². The number of rotatable bonds is 9. The molecule has 0 saturated carbocycles. The summed E-state index contributed by atoms with van der Waals surface area (Å²) >= 11 is 5.87. The minimum absolute atomic E-state index is 0.318. The van der Waals surface area contributed by atoms with E-state index in [1.807, 2.05) is 43.3 Å². The van der Waals surface area contributed by atoms with Crippen LogP contribution >= 0.6 is 11.6 Å². The second-order valence-electron chi connectivity index (χ2n) is 6.78. The van der Waals surface area contributed by atoms with E-state index in [0.717, 1.165) is 36.6 Å². The van der Waals surface area contributed by atoms with E-state index in [4.69, 9.17) is 11.6 Å². The number of carbonyl (C=O) groups excluding carboxylic acids is 1. The maximum Gasteiger partial charge on any atom is 0.243 e. The first-order chi connectivity index (χ1) is 13.2. The Morgan fingerprint density at radius 2 is 1.64 bits per heavy atom. The summed E-state index contributed by atoms with van der Waals surface area (Å²) in [5.41, 5.74) is 2.74. The van der Waals surface area contributed by atoms with Crippen molar-refractivity contribution in [2.45, 2.75) is 39.2 Å². The Labute approximate surface area is 172 Å². The standard InChI is InChI=1S/C21H27ClN2O3S/c1-4-17-9-13-20(14-10-17)24(28(3,26)27)16(2)21(25)23-15-5-6-18-7-11-19(22)12-8-18/h7-14,16H,4-6,15H2,1-3H3,(H,23,25)/t16-/m1/s1. The molecule has 7 heteroatoms. The molecule has 1 amide bonds. The van der Waals surface area contributed by atoms with Crippen molar-refractivity contribution in [1.29, 1.82) is 0 Å². The summed E-state index contributed by atoms with van der Waals surface area (Å²) in [6.45, 7) is 4.10. The van der Waals surface area contributed by atoms with Gasteiger partial charge in [-0.05, 0) is 61.6 Å². The van der Waals surface area contributed by atoms with Crippen molar-refractivity contribution in [3.63, 3.8) is 0 Å². The van der Waals surface area contributed by atoms with Gasteiger partial charge in [-0.25, -0.2) is 8.42 Å². The third-order valence-electron chi connectivity index (χ3n) is 4.54. The zero-order chi connectivity index (χ0) is 20.7. The first-order valence-corrected chi connectivity index (χ1v) is 11.6. The molecule has 5 nitrogen and oxygen atoms in total. The fourth-order valence-corrected chi connectivity index (χ4v) is 4.29. The second-order valence-corrected chi connectivity index (χ2v) is 9.07. The molecule has 152 valence electrons. The van der Waals surface area contributed by atoms with Gasteiger partial charge < -0.3 is 5.32 Å². The quantitative estimate of drug-likeness (QED) is 0.625. The summed E-state index contributed by atoms with van der Waals surface area (Å²) in [4.78, 5) is 12.5. The predicted molar refractivity (Wildman–Crippen MR) is 115 cm³/mol. The Balaban J connectivity index is 1.97. The minimum Gasteiger partial charge on any atom is -0.354 e. The summed E-state index contributed by atoms with van der Waals surface area (Å²) in [6, 6.07) is 14.0. The lowest BCUT2D eigenvalue weighted by Crippen LogP contribution is -2.48. The highest BCUT2D eigenvalue weighted by atomic mass is 35.5. The molecule has 0 spiro atoms. The van der Waals surface area contributed by atoms with E-state index in [2.05, 4.69) is 5.32 Å². The van der Waals surface area contributed by atoms with Gasteiger partial charge in [0.05, 0.1) is 11.9 Å². The van der Waals surface area contributed by atoms with Crippen LogP contribution in [-0.4, -0.2) is 33.2 Å². The number of aryl methyl sites for hydroxylation is 2. The topological polar surface area (TPSA) is 66.5 Å². The molecular formula is C21H27ClN2O3S. The van der Waals surface area contributed by atoms with Gasteiger partial charge >= 0.3 is 0 Å². The molecule has 2 aromatic rings. The molecule has 0 heterocycles. The molecule has 0 saturated heterocycles. The molecule has 0 radical (unpaired) electrons. The van der Waals surface area contributed by atoms with Crippen LogP contribution in [-0.2, 0) is 27.7 Å². The van der Waals surface area contributed by atoms with Gasteiger partial charge in [0.25, 0.3) is 0 Å². The van der Waals surface area contributed by atoms with Crippen LogP contribution < -0.4 is 9.62 Å². The van der Waals surface area contributed by atoms with Crippen LogP contribution in [0.15, 0.2) is 48.5 Å². The van der Waals surface area contributed by atoms with Crippen molar-refractivity contribution in [3.05, 3.63) is 64.7 Å². The van der Waals surface area contributed by atoms with Crippen LogP contribution in [0.4, 0.5) is 5.69 Å². The van der Waals surface area contributed by atoms with E-state index in [0.29, 0.717) is 17.3 Å². The molecule has 2 rings (SSSR count). The number of anilines is 1. The Morgan fingerprint density at radius 1 is 1.07 bits per heavy atom. The maximum atomic E-state index is 12.5. The highest BCUT2D eigenvalue weighted by Crippen LogP contribution is 2.21. The summed E-state index contributed by atoms with van der Waals surface area (Å²) in [5.74, 6) is -0.318. The molecule has 28 heavy (non-hydrogen) atoms.